The lowest BCUT2D eigenvalue weighted by atomic mass is 10.1. The van der Waals surface area contributed by atoms with Crippen molar-refractivity contribution in [3.05, 3.63) is 59.5 Å². The maximum atomic E-state index is 12.9. The summed E-state index contributed by atoms with van der Waals surface area (Å²) in [5, 5.41) is 12.7. The topological polar surface area (TPSA) is 77.8 Å². The number of aryl methyl sites for hydroxylation is 1. The molecule has 3 heterocycles. The van der Waals surface area contributed by atoms with E-state index in [-0.39, 0.29) is 5.82 Å². The van der Waals surface area contributed by atoms with Crippen LogP contribution in [-0.4, -0.2) is 20.3 Å². The fraction of sp³-hybridized carbons (Fsp3) is 0.125. The lowest BCUT2D eigenvalue weighted by Crippen LogP contribution is -1.88. The van der Waals surface area contributed by atoms with E-state index >= 15 is 0 Å². The van der Waals surface area contributed by atoms with Crippen LogP contribution in [-0.2, 0) is 6.42 Å². The zero-order valence-electron chi connectivity index (χ0n) is 12.2. The molecule has 0 spiro atoms. The zero-order chi connectivity index (χ0) is 15.8. The van der Waals surface area contributed by atoms with Gasteiger partial charge in [0.05, 0.1) is 23.1 Å². The molecule has 4 rings (SSSR count). The number of pyridine rings is 1. The third-order valence-electron chi connectivity index (χ3n) is 3.49. The molecule has 23 heavy (non-hydrogen) atoms. The summed E-state index contributed by atoms with van der Waals surface area (Å²) >= 11 is 0. The molecule has 0 radical (unpaired) electrons. The first kappa shape index (κ1) is 13.6. The molecule has 0 fully saturated rings. The van der Waals surface area contributed by atoms with Gasteiger partial charge in [-0.3, -0.25) is 0 Å². The van der Waals surface area contributed by atoms with E-state index in [2.05, 4.69) is 20.3 Å². The lowest BCUT2D eigenvalue weighted by Gasteiger charge is -1.96. The van der Waals surface area contributed by atoms with Crippen molar-refractivity contribution in [1.82, 2.24) is 20.3 Å². The molecular weight excluding hydrogens is 299 g/mol. The average molecular weight is 310 g/mol. The highest BCUT2D eigenvalue weighted by Gasteiger charge is 2.13. The molecule has 7 heteroatoms. The number of hydrogen-bond donors (Lipinski definition) is 0. The summed E-state index contributed by atoms with van der Waals surface area (Å²) in [6.07, 6.45) is 2.04. The zero-order valence-corrected chi connectivity index (χ0v) is 12.2. The molecule has 4 aromatic rings. The van der Waals surface area contributed by atoms with Crippen molar-refractivity contribution in [2.75, 3.05) is 0 Å². The Morgan fingerprint density at radius 3 is 2.78 bits per heavy atom. The Bertz CT molecular complexity index is 975. The molecule has 0 amide bonds. The van der Waals surface area contributed by atoms with Gasteiger partial charge in [0.1, 0.15) is 5.82 Å². The first-order valence-corrected chi connectivity index (χ1v) is 6.98. The Hall–Kier alpha value is -3.09. The number of benzene rings is 1. The smallest absolute Gasteiger partial charge is 0.257 e. The van der Waals surface area contributed by atoms with Crippen LogP contribution in [0.5, 0.6) is 0 Å². The molecule has 0 saturated heterocycles. The minimum absolute atomic E-state index is 0.275. The van der Waals surface area contributed by atoms with E-state index in [0.29, 0.717) is 29.5 Å². The Kier molecular flexibility index (Phi) is 3.11. The standard InChI is InChI=1S/C16H11FN4O2/c1-9-13-7-11(8-18-16(13)23-21-9)15-20-19-14(22-15)6-10-2-4-12(17)5-3-10/h2-5,7-8H,6H2,1H3. The Labute approximate surface area is 130 Å². The van der Waals surface area contributed by atoms with Gasteiger partial charge in [0.25, 0.3) is 5.71 Å². The van der Waals surface area contributed by atoms with Gasteiger partial charge >= 0.3 is 0 Å². The second-order valence-corrected chi connectivity index (χ2v) is 5.15. The van der Waals surface area contributed by atoms with E-state index in [1.165, 1.54) is 12.1 Å². The molecule has 0 atom stereocenters. The predicted molar refractivity (Wildman–Crippen MR) is 79.0 cm³/mol. The Morgan fingerprint density at radius 1 is 1.13 bits per heavy atom. The highest BCUT2D eigenvalue weighted by atomic mass is 19.1. The second-order valence-electron chi connectivity index (χ2n) is 5.15. The summed E-state index contributed by atoms with van der Waals surface area (Å²) in [6.45, 7) is 1.84. The van der Waals surface area contributed by atoms with Gasteiger partial charge in [-0.25, -0.2) is 9.37 Å². The number of nitrogens with zero attached hydrogens (tertiary/aromatic N) is 4. The SMILES string of the molecule is Cc1noc2ncc(-c3nnc(Cc4ccc(F)cc4)o3)cc12. The van der Waals surface area contributed by atoms with Crippen LogP contribution in [0.1, 0.15) is 17.1 Å². The summed E-state index contributed by atoms with van der Waals surface area (Å²) < 4.78 is 23.7. The van der Waals surface area contributed by atoms with Crippen LogP contribution >= 0.6 is 0 Å². The molecule has 0 unspecified atom stereocenters. The Balaban J connectivity index is 1.63. The van der Waals surface area contributed by atoms with Crippen molar-refractivity contribution >= 4 is 11.1 Å². The van der Waals surface area contributed by atoms with Gasteiger partial charge in [-0.15, -0.1) is 10.2 Å². The number of aromatic nitrogens is 4. The van der Waals surface area contributed by atoms with E-state index < -0.39 is 0 Å². The fourth-order valence-electron chi connectivity index (χ4n) is 2.28. The van der Waals surface area contributed by atoms with Crippen molar-refractivity contribution in [1.29, 1.82) is 0 Å². The van der Waals surface area contributed by atoms with Crippen molar-refractivity contribution in [3.8, 4) is 11.5 Å². The minimum Gasteiger partial charge on any atom is -0.420 e. The monoisotopic (exact) mass is 310 g/mol. The van der Waals surface area contributed by atoms with Crippen LogP contribution in [0.15, 0.2) is 45.5 Å². The quantitative estimate of drug-likeness (QED) is 0.577. The first-order chi connectivity index (χ1) is 11.2. The van der Waals surface area contributed by atoms with Gasteiger partial charge in [0.15, 0.2) is 0 Å². The molecule has 6 nitrogen and oxygen atoms in total. The highest BCUT2D eigenvalue weighted by molar-refractivity contribution is 5.79. The summed E-state index contributed by atoms with van der Waals surface area (Å²) in [7, 11) is 0. The predicted octanol–water partition coefficient (Wildman–Crippen LogP) is 3.31. The van der Waals surface area contributed by atoms with Crippen molar-refractivity contribution in [2.45, 2.75) is 13.3 Å². The maximum Gasteiger partial charge on any atom is 0.257 e. The fourth-order valence-corrected chi connectivity index (χ4v) is 2.28. The van der Waals surface area contributed by atoms with Gasteiger partial charge in [0.2, 0.25) is 11.8 Å². The summed E-state index contributed by atoms with van der Waals surface area (Å²) in [4.78, 5) is 4.18. The van der Waals surface area contributed by atoms with E-state index in [4.69, 9.17) is 8.94 Å². The summed E-state index contributed by atoms with van der Waals surface area (Å²) in [6, 6.07) is 8.03. The van der Waals surface area contributed by atoms with Crippen LogP contribution in [0.2, 0.25) is 0 Å². The summed E-state index contributed by atoms with van der Waals surface area (Å²) in [5.74, 6) is 0.550. The third-order valence-corrected chi connectivity index (χ3v) is 3.49. The molecule has 0 aliphatic heterocycles. The normalized spacial score (nSPS) is 11.2. The number of halogens is 1. The molecule has 0 aliphatic carbocycles. The van der Waals surface area contributed by atoms with Gasteiger partial charge < -0.3 is 8.94 Å². The average Bonchev–Trinajstić information content (AvgIpc) is 3.17. The second kappa shape index (κ2) is 5.28. The third kappa shape index (κ3) is 2.57. The molecule has 0 bridgehead atoms. The van der Waals surface area contributed by atoms with Crippen molar-refractivity contribution < 1.29 is 13.3 Å². The van der Waals surface area contributed by atoms with Gasteiger partial charge in [-0.2, -0.15) is 0 Å². The lowest BCUT2D eigenvalue weighted by molar-refractivity contribution is 0.443. The first-order valence-electron chi connectivity index (χ1n) is 6.98. The van der Waals surface area contributed by atoms with Crippen LogP contribution in [0.4, 0.5) is 4.39 Å². The molecule has 0 N–H and O–H groups in total. The van der Waals surface area contributed by atoms with Gasteiger partial charge in [0, 0.05) is 6.20 Å². The number of fused-ring (bicyclic) bond motifs is 1. The van der Waals surface area contributed by atoms with Gasteiger partial charge in [-0.05, 0) is 30.7 Å². The molecule has 0 saturated carbocycles. The van der Waals surface area contributed by atoms with Gasteiger partial charge in [-0.1, -0.05) is 17.3 Å². The van der Waals surface area contributed by atoms with E-state index in [1.54, 1.807) is 18.3 Å². The summed E-state index contributed by atoms with van der Waals surface area (Å²) in [5.41, 5.74) is 2.81. The number of rotatable bonds is 3. The van der Waals surface area contributed by atoms with Crippen molar-refractivity contribution in [3.63, 3.8) is 0 Å². The molecule has 3 aromatic heterocycles. The van der Waals surface area contributed by atoms with Crippen LogP contribution in [0.25, 0.3) is 22.6 Å². The molecule has 114 valence electrons. The van der Waals surface area contributed by atoms with E-state index in [9.17, 15) is 4.39 Å². The maximum absolute atomic E-state index is 12.9. The van der Waals surface area contributed by atoms with E-state index in [1.807, 2.05) is 13.0 Å². The molecule has 1 aromatic carbocycles. The minimum atomic E-state index is -0.275. The highest BCUT2D eigenvalue weighted by Crippen LogP contribution is 2.24. The molecular formula is C16H11FN4O2. The molecule has 0 aliphatic rings. The number of hydrogen-bond acceptors (Lipinski definition) is 6. The van der Waals surface area contributed by atoms with Crippen molar-refractivity contribution in [2.24, 2.45) is 0 Å². The van der Waals surface area contributed by atoms with Crippen LogP contribution in [0, 0.1) is 12.7 Å². The largest absolute Gasteiger partial charge is 0.420 e. The van der Waals surface area contributed by atoms with Crippen LogP contribution in [0.3, 0.4) is 0 Å². The van der Waals surface area contributed by atoms with E-state index in [0.717, 1.165) is 16.6 Å². The Morgan fingerprint density at radius 2 is 1.96 bits per heavy atom. The van der Waals surface area contributed by atoms with Crippen LogP contribution < -0.4 is 0 Å².